The summed E-state index contributed by atoms with van der Waals surface area (Å²) in [6, 6.07) is 17.8. The summed E-state index contributed by atoms with van der Waals surface area (Å²) in [4.78, 5) is 15.0. The van der Waals surface area contributed by atoms with Gasteiger partial charge in [0.2, 0.25) is 5.91 Å². The maximum absolute atomic E-state index is 12.9. The van der Waals surface area contributed by atoms with E-state index in [2.05, 4.69) is 36.2 Å². The highest BCUT2D eigenvalue weighted by Crippen LogP contribution is 2.59. The van der Waals surface area contributed by atoms with Gasteiger partial charge < -0.3 is 15.3 Å². The molecule has 27 heavy (non-hydrogen) atoms. The average Bonchev–Trinajstić information content (AvgIpc) is 3.22. The number of carbonyl (C=O) groups is 1. The minimum Gasteiger partial charge on any atom is -0.508 e. The zero-order chi connectivity index (χ0) is 19.6. The number of rotatable bonds is 7. The van der Waals surface area contributed by atoms with Crippen LogP contribution in [0.15, 0.2) is 54.6 Å². The molecule has 1 fully saturated rings. The molecule has 1 aliphatic rings. The number of nitrogens with one attached hydrogen (secondary N) is 1. The summed E-state index contributed by atoms with van der Waals surface area (Å²) in [5.41, 5.74) is 2.32. The lowest BCUT2D eigenvalue weighted by Gasteiger charge is -2.25. The number of carbonyl (C=O) groups excluding carboxylic acids is 1. The summed E-state index contributed by atoms with van der Waals surface area (Å²) in [6.07, 6.45) is 0.823. The van der Waals surface area contributed by atoms with Crippen LogP contribution in [0.3, 0.4) is 0 Å². The summed E-state index contributed by atoms with van der Waals surface area (Å²) in [5.74, 6) is 0.786. The summed E-state index contributed by atoms with van der Waals surface area (Å²) in [6.45, 7) is 4.97. The highest BCUT2D eigenvalue weighted by molar-refractivity contribution is 5.85. The fraction of sp³-hybridized carbons (Fsp3) is 0.435. The molecular weight excluding hydrogens is 336 g/mol. The summed E-state index contributed by atoms with van der Waals surface area (Å²) in [7, 11) is 4.07. The molecule has 1 unspecified atom stereocenters. The Hall–Kier alpha value is -2.33. The second kappa shape index (κ2) is 7.73. The molecule has 2 N–H and O–H groups in total. The molecule has 0 aromatic heterocycles. The van der Waals surface area contributed by atoms with E-state index >= 15 is 0 Å². The molecule has 4 atom stereocenters. The van der Waals surface area contributed by atoms with Gasteiger partial charge in [-0.2, -0.15) is 0 Å². The number of amides is 1. The smallest absolute Gasteiger partial charge is 0.224 e. The first-order chi connectivity index (χ1) is 12.8. The van der Waals surface area contributed by atoms with E-state index in [9.17, 15) is 9.90 Å². The van der Waals surface area contributed by atoms with Crippen LogP contribution >= 0.6 is 0 Å². The van der Waals surface area contributed by atoms with Crippen molar-refractivity contribution in [3.63, 3.8) is 0 Å². The molecule has 0 spiro atoms. The van der Waals surface area contributed by atoms with Crippen LogP contribution in [-0.2, 0) is 16.6 Å². The van der Waals surface area contributed by atoms with Gasteiger partial charge in [0, 0.05) is 18.0 Å². The van der Waals surface area contributed by atoms with Gasteiger partial charge in [0.1, 0.15) is 5.75 Å². The number of benzene rings is 2. The first-order valence-electron chi connectivity index (χ1n) is 9.61. The van der Waals surface area contributed by atoms with E-state index < -0.39 is 0 Å². The lowest BCUT2D eigenvalue weighted by atomic mass is 9.94. The zero-order valence-corrected chi connectivity index (χ0v) is 16.6. The summed E-state index contributed by atoms with van der Waals surface area (Å²) >= 11 is 0. The van der Waals surface area contributed by atoms with E-state index in [1.807, 2.05) is 44.4 Å². The molecular formula is C23H30N2O2. The van der Waals surface area contributed by atoms with Crippen LogP contribution in [-0.4, -0.2) is 42.6 Å². The Labute approximate surface area is 162 Å². The van der Waals surface area contributed by atoms with E-state index in [1.54, 1.807) is 12.1 Å². The zero-order valence-electron chi connectivity index (χ0n) is 16.6. The molecule has 1 saturated carbocycles. The van der Waals surface area contributed by atoms with Gasteiger partial charge in [0.25, 0.3) is 0 Å². The monoisotopic (exact) mass is 366 g/mol. The molecule has 0 heterocycles. The van der Waals surface area contributed by atoms with Crippen LogP contribution in [0.2, 0.25) is 0 Å². The Morgan fingerprint density at radius 2 is 1.78 bits per heavy atom. The Balaban J connectivity index is 1.61. The number of nitrogens with zero attached hydrogens (tertiary/aromatic N) is 1. The van der Waals surface area contributed by atoms with E-state index in [0.717, 1.165) is 12.0 Å². The Bertz CT molecular complexity index is 773. The number of aromatic hydroxyl groups is 1. The lowest BCUT2D eigenvalue weighted by Crippen LogP contribution is -2.42. The third kappa shape index (κ3) is 4.01. The van der Waals surface area contributed by atoms with Gasteiger partial charge in [-0.05, 0) is 49.7 Å². The molecule has 4 heteroatoms. The van der Waals surface area contributed by atoms with Crippen LogP contribution in [0.4, 0.5) is 0 Å². The highest BCUT2D eigenvalue weighted by Gasteiger charge is 2.62. The third-order valence-corrected chi connectivity index (χ3v) is 6.31. The average molecular weight is 367 g/mol. The normalized spacial score (nSPS) is 25.2. The maximum Gasteiger partial charge on any atom is 0.224 e. The standard InChI is InChI=1S/C23H30N2O2/c1-16-21(23(16,2)18-8-6-5-7-9-18)22(27)24-15-19(25(3)4)14-17-10-12-20(26)13-11-17/h5-13,16,19,21,26H,14-15H2,1-4H3,(H,24,27)/t16-,19-,21-,23?/m0/s1. The molecule has 4 nitrogen and oxygen atoms in total. The van der Waals surface area contributed by atoms with Crippen molar-refractivity contribution in [1.29, 1.82) is 0 Å². The van der Waals surface area contributed by atoms with Crippen molar-refractivity contribution in [2.24, 2.45) is 11.8 Å². The molecule has 3 rings (SSSR count). The van der Waals surface area contributed by atoms with Crippen LogP contribution < -0.4 is 5.32 Å². The topological polar surface area (TPSA) is 52.6 Å². The largest absolute Gasteiger partial charge is 0.508 e. The first kappa shape index (κ1) is 19.4. The second-order valence-corrected chi connectivity index (χ2v) is 8.15. The Morgan fingerprint density at radius 1 is 1.15 bits per heavy atom. The van der Waals surface area contributed by atoms with Gasteiger partial charge >= 0.3 is 0 Å². The molecule has 0 saturated heterocycles. The molecule has 2 aromatic rings. The molecule has 0 radical (unpaired) electrons. The predicted molar refractivity (Wildman–Crippen MR) is 109 cm³/mol. The molecule has 0 aliphatic heterocycles. The SMILES string of the molecule is C[C@H]1[C@@H](C(=O)NC[C@H](Cc2ccc(O)cc2)N(C)C)C1(C)c1ccccc1. The van der Waals surface area contributed by atoms with Gasteiger partial charge in [-0.25, -0.2) is 0 Å². The minimum absolute atomic E-state index is 0.0244. The Kier molecular flexibility index (Phi) is 5.56. The second-order valence-electron chi connectivity index (χ2n) is 8.15. The van der Waals surface area contributed by atoms with Gasteiger partial charge in [-0.15, -0.1) is 0 Å². The van der Waals surface area contributed by atoms with E-state index in [0.29, 0.717) is 12.5 Å². The molecule has 1 aliphatic carbocycles. The highest BCUT2D eigenvalue weighted by atomic mass is 16.3. The van der Waals surface area contributed by atoms with Gasteiger partial charge in [0.15, 0.2) is 0 Å². The van der Waals surface area contributed by atoms with E-state index in [1.165, 1.54) is 5.56 Å². The van der Waals surface area contributed by atoms with Crippen molar-refractivity contribution in [2.75, 3.05) is 20.6 Å². The summed E-state index contributed by atoms with van der Waals surface area (Å²) < 4.78 is 0. The molecule has 0 bridgehead atoms. The number of phenols is 1. The number of phenolic OH excluding ortho intramolecular Hbond substituents is 1. The van der Waals surface area contributed by atoms with E-state index in [4.69, 9.17) is 0 Å². The van der Waals surface area contributed by atoms with E-state index in [-0.39, 0.29) is 29.0 Å². The first-order valence-corrected chi connectivity index (χ1v) is 9.61. The van der Waals surface area contributed by atoms with Gasteiger partial charge in [0.05, 0.1) is 5.92 Å². The van der Waals surface area contributed by atoms with Crippen molar-refractivity contribution in [2.45, 2.75) is 31.7 Å². The third-order valence-electron chi connectivity index (χ3n) is 6.31. The predicted octanol–water partition coefficient (Wildman–Crippen LogP) is 3.20. The number of hydrogen-bond donors (Lipinski definition) is 2. The molecule has 2 aromatic carbocycles. The van der Waals surface area contributed by atoms with Gasteiger partial charge in [-0.3, -0.25) is 4.79 Å². The maximum atomic E-state index is 12.9. The quantitative estimate of drug-likeness (QED) is 0.791. The fourth-order valence-corrected chi connectivity index (χ4v) is 4.14. The van der Waals surface area contributed by atoms with Crippen molar-refractivity contribution in [3.8, 4) is 5.75 Å². The number of hydrogen-bond acceptors (Lipinski definition) is 3. The van der Waals surface area contributed by atoms with Crippen molar-refractivity contribution >= 4 is 5.91 Å². The van der Waals surface area contributed by atoms with Crippen molar-refractivity contribution < 1.29 is 9.90 Å². The molecule has 1 amide bonds. The van der Waals surface area contributed by atoms with Crippen molar-refractivity contribution in [1.82, 2.24) is 10.2 Å². The molecule has 144 valence electrons. The minimum atomic E-state index is -0.0735. The van der Waals surface area contributed by atoms with Crippen molar-refractivity contribution in [3.05, 3.63) is 65.7 Å². The fourth-order valence-electron chi connectivity index (χ4n) is 4.14. The lowest BCUT2D eigenvalue weighted by molar-refractivity contribution is -0.123. The van der Waals surface area contributed by atoms with Crippen LogP contribution in [0.1, 0.15) is 25.0 Å². The van der Waals surface area contributed by atoms with Crippen LogP contribution in [0.5, 0.6) is 5.75 Å². The van der Waals surface area contributed by atoms with Crippen LogP contribution in [0, 0.1) is 11.8 Å². The van der Waals surface area contributed by atoms with Gasteiger partial charge in [-0.1, -0.05) is 56.3 Å². The Morgan fingerprint density at radius 3 is 2.37 bits per heavy atom. The van der Waals surface area contributed by atoms with Crippen LogP contribution in [0.25, 0.3) is 0 Å². The summed E-state index contributed by atoms with van der Waals surface area (Å²) in [5, 5.41) is 12.6. The number of likely N-dealkylation sites (N-methyl/N-ethyl adjacent to an activating group) is 1.